The number of hydrogen-bond donors (Lipinski definition) is 1. The van der Waals surface area contributed by atoms with Crippen molar-refractivity contribution in [2.24, 2.45) is 5.92 Å². The molecule has 0 aromatic carbocycles. The van der Waals surface area contributed by atoms with Crippen molar-refractivity contribution >= 4 is 5.91 Å². The van der Waals surface area contributed by atoms with E-state index in [-0.39, 0.29) is 5.92 Å². The number of halogens is 3. The van der Waals surface area contributed by atoms with Gasteiger partial charge < -0.3 is 10.2 Å². The minimum atomic E-state index is -4.64. The smallest absolute Gasteiger partial charge is 0.352 e. The number of nitrogens with one attached hydrogen (secondary N) is 1. The number of nitrogens with zero attached hydrogens (tertiary/aromatic N) is 3. The van der Waals surface area contributed by atoms with Crippen LogP contribution in [0.25, 0.3) is 0 Å². The molecule has 1 unspecified atom stereocenters. The monoisotopic (exact) mass is 346 g/mol. The van der Waals surface area contributed by atoms with Gasteiger partial charge in [0.05, 0.1) is 17.3 Å². The van der Waals surface area contributed by atoms with Crippen molar-refractivity contribution < 1.29 is 18.0 Å². The van der Waals surface area contributed by atoms with Crippen LogP contribution in [0.15, 0.2) is 6.20 Å². The average molecular weight is 346 g/mol. The lowest BCUT2D eigenvalue weighted by Crippen LogP contribution is -2.34. The summed E-state index contributed by atoms with van der Waals surface area (Å²) >= 11 is 0. The molecule has 1 N–H and O–H groups in total. The molecular formula is C16H25F3N4O. The predicted octanol–water partition coefficient (Wildman–Crippen LogP) is 2.73. The van der Waals surface area contributed by atoms with Gasteiger partial charge in [-0.15, -0.1) is 0 Å². The summed E-state index contributed by atoms with van der Waals surface area (Å²) in [6.45, 7) is 10.1. The minimum Gasteiger partial charge on any atom is -0.352 e. The highest BCUT2D eigenvalue weighted by Crippen LogP contribution is 2.34. The Hall–Kier alpha value is -1.57. The first-order valence-corrected chi connectivity index (χ1v) is 8.20. The number of amides is 1. The quantitative estimate of drug-likeness (QED) is 0.912. The molecule has 24 heavy (non-hydrogen) atoms. The van der Waals surface area contributed by atoms with Crippen LogP contribution in [0.3, 0.4) is 0 Å². The lowest BCUT2D eigenvalue weighted by molar-refractivity contribution is -0.146. The van der Waals surface area contributed by atoms with E-state index in [2.05, 4.69) is 22.2 Å². The molecule has 0 saturated carbocycles. The molecule has 0 spiro atoms. The van der Waals surface area contributed by atoms with Gasteiger partial charge in [0.1, 0.15) is 0 Å². The summed E-state index contributed by atoms with van der Waals surface area (Å²) in [5.74, 6) is -0.436. The van der Waals surface area contributed by atoms with Gasteiger partial charge in [-0.05, 0) is 46.2 Å². The maximum atomic E-state index is 13.4. The van der Waals surface area contributed by atoms with Gasteiger partial charge in [0.15, 0.2) is 5.69 Å². The van der Waals surface area contributed by atoms with Crippen molar-refractivity contribution in [3.63, 3.8) is 0 Å². The summed E-state index contributed by atoms with van der Waals surface area (Å²) in [6.07, 6.45) is -2.68. The maximum Gasteiger partial charge on any atom is 0.433 e. The van der Waals surface area contributed by atoms with Crippen molar-refractivity contribution in [1.82, 2.24) is 20.0 Å². The molecule has 1 aliphatic heterocycles. The average Bonchev–Trinajstić information content (AvgIpc) is 3.10. The van der Waals surface area contributed by atoms with Gasteiger partial charge in [0.25, 0.3) is 5.91 Å². The van der Waals surface area contributed by atoms with Crippen LogP contribution >= 0.6 is 0 Å². The molecule has 1 fully saturated rings. The summed E-state index contributed by atoms with van der Waals surface area (Å²) < 4.78 is 41.1. The van der Waals surface area contributed by atoms with E-state index in [0.717, 1.165) is 36.9 Å². The molecule has 1 aliphatic rings. The van der Waals surface area contributed by atoms with Gasteiger partial charge >= 0.3 is 6.18 Å². The molecule has 8 heteroatoms. The Morgan fingerprint density at radius 2 is 2.04 bits per heavy atom. The third-order valence-electron chi connectivity index (χ3n) is 4.29. The van der Waals surface area contributed by atoms with Crippen LogP contribution in [0.1, 0.15) is 50.2 Å². The first-order valence-electron chi connectivity index (χ1n) is 8.20. The first kappa shape index (κ1) is 18.8. The first-order chi connectivity index (χ1) is 11.0. The maximum absolute atomic E-state index is 13.4. The number of carbonyl (C=O) groups excluding carboxylic acids is 1. The van der Waals surface area contributed by atoms with Gasteiger partial charge in [0, 0.05) is 13.1 Å². The molecule has 2 heterocycles. The second-order valence-corrected chi connectivity index (χ2v) is 7.25. The molecule has 2 rings (SSSR count). The van der Waals surface area contributed by atoms with Crippen molar-refractivity contribution in [3.8, 4) is 0 Å². The molecule has 1 aromatic heterocycles. The number of likely N-dealkylation sites (tertiary alicyclic amines) is 1. The van der Waals surface area contributed by atoms with E-state index in [9.17, 15) is 18.0 Å². The highest BCUT2D eigenvalue weighted by atomic mass is 19.4. The van der Waals surface area contributed by atoms with Crippen molar-refractivity contribution in [2.45, 2.75) is 45.8 Å². The number of aromatic nitrogens is 2. The number of carbonyl (C=O) groups is 1. The standard InChI is InChI=1S/C16H25F3N4O/c1-5-22-7-6-11(10-22)8-20-14(24)12-9-21-23(15(2,3)4)13(12)16(17,18)19/h9,11H,5-8,10H2,1-4H3,(H,20,24). The minimum absolute atomic E-state index is 0.279. The molecule has 1 amide bonds. The van der Waals surface area contributed by atoms with Gasteiger partial charge in [-0.1, -0.05) is 6.92 Å². The second-order valence-electron chi connectivity index (χ2n) is 7.25. The van der Waals surface area contributed by atoms with E-state index in [1.807, 2.05) is 0 Å². The van der Waals surface area contributed by atoms with E-state index in [0.29, 0.717) is 6.54 Å². The van der Waals surface area contributed by atoms with Crippen LogP contribution in [0, 0.1) is 5.92 Å². The Labute approximate surface area is 140 Å². The Bertz CT molecular complexity index is 589. The molecule has 0 radical (unpaired) electrons. The van der Waals surface area contributed by atoms with E-state index in [1.54, 1.807) is 20.8 Å². The van der Waals surface area contributed by atoms with E-state index in [1.165, 1.54) is 0 Å². The predicted molar refractivity (Wildman–Crippen MR) is 84.8 cm³/mol. The number of hydrogen-bond acceptors (Lipinski definition) is 3. The summed E-state index contributed by atoms with van der Waals surface area (Å²) in [5, 5.41) is 6.45. The Morgan fingerprint density at radius 3 is 2.54 bits per heavy atom. The lowest BCUT2D eigenvalue weighted by atomic mass is 10.1. The molecule has 0 bridgehead atoms. The largest absolute Gasteiger partial charge is 0.433 e. The molecule has 0 aliphatic carbocycles. The molecular weight excluding hydrogens is 321 g/mol. The molecule has 136 valence electrons. The molecule has 1 aromatic rings. The Kier molecular flexibility index (Phi) is 5.27. The zero-order valence-corrected chi connectivity index (χ0v) is 14.6. The highest BCUT2D eigenvalue weighted by Gasteiger charge is 2.42. The fraction of sp³-hybridized carbons (Fsp3) is 0.750. The van der Waals surface area contributed by atoms with E-state index < -0.39 is 28.9 Å². The SMILES string of the molecule is CCN1CCC(CNC(=O)c2cnn(C(C)(C)C)c2C(F)(F)F)C1. The summed E-state index contributed by atoms with van der Waals surface area (Å²) in [4.78, 5) is 14.5. The van der Waals surface area contributed by atoms with Crippen LogP contribution < -0.4 is 5.32 Å². The van der Waals surface area contributed by atoms with Gasteiger partial charge in [0.2, 0.25) is 0 Å². The third-order valence-corrected chi connectivity index (χ3v) is 4.29. The zero-order valence-electron chi connectivity index (χ0n) is 14.6. The Balaban J connectivity index is 2.14. The molecule has 1 atom stereocenters. The fourth-order valence-electron chi connectivity index (χ4n) is 2.99. The topological polar surface area (TPSA) is 50.2 Å². The van der Waals surface area contributed by atoms with Crippen LogP contribution in [0.4, 0.5) is 13.2 Å². The zero-order chi connectivity index (χ0) is 18.1. The summed E-state index contributed by atoms with van der Waals surface area (Å²) in [6, 6.07) is 0. The highest BCUT2D eigenvalue weighted by molar-refractivity contribution is 5.95. The van der Waals surface area contributed by atoms with Crippen molar-refractivity contribution in [3.05, 3.63) is 17.5 Å². The second kappa shape index (κ2) is 6.74. The number of alkyl halides is 3. The van der Waals surface area contributed by atoms with Crippen LogP contribution in [-0.4, -0.2) is 46.8 Å². The number of rotatable bonds is 4. The van der Waals surface area contributed by atoms with Crippen LogP contribution in [-0.2, 0) is 11.7 Å². The van der Waals surface area contributed by atoms with Crippen molar-refractivity contribution in [1.29, 1.82) is 0 Å². The van der Waals surface area contributed by atoms with E-state index >= 15 is 0 Å². The summed E-state index contributed by atoms with van der Waals surface area (Å²) in [7, 11) is 0. The molecule has 5 nitrogen and oxygen atoms in total. The van der Waals surface area contributed by atoms with Crippen molar-refractivity contribution in [2.75, 3.05) is 26.2 Å². The van der Waals surface area contributed by atoms with E-state index in [4.69, 9.17) is 0 Å². The van der Waals surface area contributed by atoms with Gasteiger partial charge in [-0.25, -0.2) is 0 Å². The summed E-state index contributed by atoms with van der Waals surface area (Å²) in [5.41, 5.74) is -2.27. The van der Waals surface area contributed by atoms with Crippen LogP contribution in [0.2, 0.25) is 0 Å². The molecule has 1 saturated heterocycles. The van der Waals surface area contributed by atoms with Gasteiger partial charge in [-0.3, -0.25) is 9.48 Å². The third kappa shape index (κ3) is 4.09. The van der Waals surface area contributed by atoms with Crippen LogP contribution in [0.5, 0.6) is 0 Å². The fourth-order valence-corrected chi connectivity index (χ4v) is 2.99. The Morgan fingerprint density at radius 1 is 1.38 bits per heavy atom. The van der Waals surface area contributed by atoms with Gasteiger partial charge in [-0.2, -0.15) is 18.3 Å². The normalized spacial score (nSPS) is 19.7. The lowest BCUT2D eigenvalue weighted by Gasteiger charge is -2.24.